The molecule has 0 aromatic carbocycles. The van der Waals surface area contributed by atoms with Crippen LogP contribution in [-0.2, 0) is 0 Å². The van der Waals surface area contributed by atoms with Crippen LogP contribution in [0.4, 0.5) is 11.8 Å². The van der Waals surface area contributed by atoms with Crippen LogP contribution in [0.5, 0.6) is 0 Å². The molecule has 18 heavy (non-hydrogen) atoms. The molecule has 0 amide bonds. The van der Waals surface area contributed by atoms with Crippen molar-refractivity contribution in [1.82, 2.24) is 9.97 Å². The van der Waals surface area contributed by atoms with Gasteiger partial charge in [-0.25, -0.2) is 4.98 Å². The van der Waals surface area contributed by atoms with Gasteiger partial charge in [-0.15, -0.1) is 0 Å². The highest BCUT2D eigenvalue weighted by molar-refractivity contribution is 5.48. The van der Waals surface area contributed by atoms with Gasteiger partial charge in [0.05, 0.1) is 0 Å². The molecule has 0 radical (unpaired) electrons. The molecular formula is C14H24N4. The predicted octanol–water partition coefficient (Wildman–Crippen LogP) is 3.35. The zero-order chi connectivity index (χ0) is 13.0. The summed E-state index contributed by atoms with van der Waals surface area (Å²) in [5, 5.41) is 6.80. The van der Waals surface area contributed by atoms with Crippen LogP contribution in [-0.4, -0.2) is 22.1 Å². The first-order valence-corrected chi connectivity index (χ1v) is 6.99. The number of rotatable bonds is 4. The molecule has 0 saturated heterocycles. The number of aryl methyl sites for hydroxylation is 1. The van der Waals surface area contributed by atoms with Crippen LogP contribution >= 0.6 is 0 Å². The molecular weight excluding hydrogens is 224 g/mol. The number of nitrogens with one attached hydrogen (secondary N) is 2. The lowest BCUT2D eigenvalue weighted by Crippen LogP contribution is -2.37. The van der Waals surface area contributed by atoms with Gasteiger partial charge in [-0.2, -0.15) is 4.98 Å². The van der Waals surface area contributed by atoms with E-state index in [1.807, 2.05) is 6.20 Å². The largest absolute Gasteiger partial charge is 0.365 e. The van der Waals surface area contributed by atoms with Crippen molar-refractivity contribution in [2.45, 2.75) is 58.4 Å². The molecule has 1 aromatic heterocycles. The third-order valence-corrected chi connectivity index (χ3v) is 3.68. The molecule has 0 atom stereocenters. The summed E-state index contributed by atoms with van der Waals surface area (Å²) < 4.78 is 0. The molecule has 0 spiro atoms. The highest BCUT2D eigenvalue weighted by Crippen LogP contribution is 2.31. The molecule has 100 valence electrons. The highest BCUT2D eigenvalue weighted by Gasteiger charge is 2.27. The Hall–Kier alpha value is -1.32. The van der Waals surface area contributed by atoms with Crippen molar-refractivity contribution in [3.63, 3.8) is 0 Å². The fraction of sp³-hybridized carbons (Fsp3) is 0.714. The van der Waals surface area contributed by atoms with Crippen LogP contribution in [0.2, 0.25) is 0 Å². The number of hydrogen-bond acceptors (Lipinski definition) is 4. The molecule has 2 N–H and O–H groups in total. The van der Waals surface area contributed by atoms with Crippen molar-refractivity contribution < 1.29 is 0 Å². The van der Waals surface area contributed by atoms with Crippen molar-refractivity contribution >= 4 is 11.8 Å². The minimum Gasteiger partial charge on any atom is -0.365 e. The fourth-order valence-corrected chi connectivity index (χ4v) is 2.55. The van der Waals surface area contributed by atoms with E-state index in [9.17, 15) is 0 Å². The normalized spacial score (nSPS) is 18.4. The number of aromatic nitrogens is 2. The Morgan fingerprint density at radius 1 is 1.28 bits per heavy atom. The number of hydrogen-bond donors (Lipinski definition) is 2. The minimum absolute atomic E-state index is 0.195. The molecule has 1 saturated carbocycles. The Morgan fingerprint density at radius 3 is 2.67 bits per heavy atom. The van der Waals surface area contributed by atoms with Crippen LogP contribution in [0.1, 0.15) is 51.5 Å². The predicted molar refractivity (Wildman–Crippen MR) is 76.0 cm³/mol. The van der Waals surface area contributed by atoms with Crippen molar-refractivity contribution in [1.29, 1.82) is 0 Å². The molecule has 1 heterocycles. The molecule has 0 aliphatic heterocycles. The van der Waals surface area contributed by atoms with Crippen LogP contribution < -0.4 is 10.6 Å². The summed E-state index contributed by atoms with van der Waals surface area (Å²) in [6, 6.07) is 0. The Kier molecular flexibility index (Phi) is 4.04. The maximum absolute atomic E-state index is 4.57. The van der Waals surface area contributed by atoms with Crippen LogP contribution in [0, 0.1) is 6.92 Å². The summed E-state index contributed by atoms with van der Waals surface area (Å²) >= 11 is 0. The Labute approximate surface area is 110 Å². The Balaban J connectivity index is 2.14. The topological polar surface area (TPSA) is 49.8 Å². The fourth-order valence-electron chi connectivity index (χ4n) is 2.55. The van der Waals surface area contributed by atoms with Crippen LogP contribution in [0.15, 0.2) is 6.20 Å². The van der Waals surface area contributed by atoms with Crippen molar-refractivity contribution in [3.8, 4) is 0 Å². The van der Waals surface area contributed by atoms with E-state index in [-0.39, 0.29) is 5.54 Å². The Bertz CT molecular complexity index is 397. The van der Waals surface area contributed by atoms with E-state index in [1.165, 1.54) is 32.1 Å². The summed E-state index contributed by atoms with van der Waals surface area (Å²) in [6.07, 6.45) is 8.34. The second-order valence-electron chi connectivity index (χ2n) is 5.50. The summed E-state index contributed by atoms with van der Waals surface area (Å²) in [4.78, 5) is 8.85. The van der Waals surface area contributed by atoms with E-state index >= 15 is 0 Å². The zero-order valence-electron chi connectivity index (χ0n) is 11.7. The quantitative estimate of drug-likeness (QED) is 0.858. The van der Waals surface area contributed by atoms with Gasteiger partial charge in [0.2, 0.25) is 5.95 Å². The summed E-state index contributed by atoms with van der Waals surface area (Å²) in [5.41, 5.74) is 1.31. The first-order chi connectivity index (χ1) is 8.63. The number of anilines is 2. The van der Waals surface area contributed by atoms with Gasteiger partial charge < -0.3 is 10.6 Å². The molecule has 0 unspecified atom stereocenters. The van der Waals surface area contributed by atoms with Crippen molar-refractivity contribution in [3.05, 3.63) is 11.8 Å². The lowest BCUT2D eigenvalue weighted by molar-refractivity contribution is 0.348. The average Bonchev–Trinajstić information content (AvgIpc) is 2.34. The SMILES string of the molecule is CCNc1ncc(C)c(NC2(C)CCCCC2)n1. The van der Waals surface area contributed by atoms with E-state index in [0.717, 1.165) is 17.9 Å². The van der Waals surface area contributed by atoms with Gasteiger partial charge in [0.1, 0.15) is 5.82 Å². The van der Waals surface area contributed by atoms with Gasteiger partial charge in [0, 0.05) is 23.8 Å². The van der Waals surface area contributed by atoms with E-state index < -0.39 is 0 Å². The minimum atomic E-state index is 0.195. The van der Waals surface area contributed by atoms with Gasteiger partial charge in [0.15, 0.2) is 0 Å². The second kappa shape index (κ2) is 5.55. The van der Waals surface area contributed by atoms with Gasteiger partial charge >= 0.3 is 0 Å². The Morgan fingerprint density at radius 2 is 2.00 bits per heavy atom. The van der Waals surface area contributed by atoms with Gasteiger partial charge in [-0.1, -0.05) is 19.3 Å². The second-order valence-corrected chi connectivity index (χ2v) is 5.50. The molecule has 4 heteroatoms. The lowest BCUT2D eigenvalue weighted by Gasteiger charge is -2.35. The molecule has 2 rings (SSSR count). The lowest BCUT2D eigenvalue weighted by atomic mass is 9.83. The highest BCUT2D eigenvalue weighted by atomic mass is 15.2. The van der Waals surface area contributed by atoms with E-state index in [1.54, 1.807) is 0 Å². The first-order valence-electron chi connectivity index (χ1n) is 6.99. The summed E-state index contributed by atoms with van der Waals surface area (Å²) in [7, 11) is 0. The van der Waals surface area contributed by atoms with E-state index in [2.05, 4.69) is 41.4 Å². The summed E-state index contributed by atoms with van der Waals surface area (Å²) in [5.74, 6) is 1.69. The maximum Gasteiger partial charge on any atom is 0.224 e. The molecule has 1 fully saturated rings. The van der Waals surface area contributed by atoms with Crippen LogP contribution in [0.3, 0.4) is 0 Å². The standard InChI is InChI=1S/C14H24N4/c1-4-15-13-16-10-11(2)12(17-13)18-14(3)8-6-5-7-9-14/h10H,4-9H2,1-3H3,(H2,15,16,17,18). The molecule has 1 aromatic rings. The summed E-state index contributed by atoms with van der Waals surface area (Å²) in [6.45, 7) is 7.27. The zero-order valence-corrected chi connectivity index (χ0v) is 11.7. The van der Waals surface area contributed by atoms with Gasteiger partial charge in [-0.3, -0.25) is 0 Å². The van der Waals surface area contributed by atoms with Crippen molar-refractivity contribution in [2.24, 2.45) is 0 Å². The monoisotopic (exact) mass is 248 g/mol. The first kappa shape index (κ1) is 13.1. The maximum atomic E-state index is 4.57. The number of nitrogens with zero attached hydrogens (tertiary/aromatic N) is 2. The molecule has 4 nitrogen and oxygen atoms in total. The third-order valence-electron chi connectivity index (χ3n) is 3.68. The molecule has 1 aliphatic carbocycles. The van der Waals surface area contributed by atoms with Crippen molar-refractivity contribution in [2.75, 3.05) is 17.2 Å². The van der Waals surface area contributed by atoms with E-state index in [0.29, 0.717) is 5.95 Å². The van der Waals surface area contributed by atoms with E-state index in [4.69, 9.17) is 0 Å². The molecule has 0 bridgehead atoms. The van der Waals surface area contributed by atoms with Gasteiger partial charge in [0.25, 0.3) is 0 Å². The third kappa shape index (κ3) is 3.12. The van der Waals surface area contributed by atoms with Crippen LogP contribution in [0.25, 0.3) is 0 Å². The molecule has 1 aliphatic rings. The average molecular weight is 248 g/mol. The smallest absolute Gasteiger partial charge is 0.224 e. The van der Waals surface area contributed by atoms with Gasteiger partial charge in [-0.05, 0) is 33.6 Å².